The summed E-state index contributed by atoms with van der Waals surface area (Å²) in [5, 5.41) is 0. The standard InChI is InChI=1S/C7H8BF3NO/c1-13-7-6(3-2-4-12-7)5-8(9,10)11/h2-4H,5H2,1H3/q-1. The molecule has 1 heterocycles. The highest BCUT2D eigenvalue weighted by atomic mass is 19.4. The molecule has 0 radical (unpaired) electrons. The second-order valence-corrected chi connectivity index (χ2v) is 2.59. The average molecular weight is 190 g/mol. The number of methoxy groups -OCH3 is 1. The summed E-state index contributed by atoms with van der Waals surface area (Å²) in [7, 11) is 1.30. The zero-order chi connectivity index (χ0) is 9.90. The molecule has 6 heteroatoms. The number of hydrogen-bond donors (Lipinski definition) is 0. The Morgan fingerprint density at radius 1 is 1.46 bits per heavy atom. The number of ether oxygens (including phenoxy) is 1. The molecule has 0 N–H and O–H groups in total. The molecule has 1 aromatic rings. The molecule has 1 aromatic heterocycles. The van der Waals surface area contributed by atoms with E-state index in [2.05, 4.69) is 4.98 Å². The van der Waals surface area contributed by atoms with Crippen LogP contribution in [0.3, 0.4) is 0 Å². The van der Waals surface area contributed by atoms with Crippen molar-refractivity contribution >= 4 is 6.98 Å². The van der Waals surface area contributed by atoms with Gasteiger partial charge in [-0.2, -0.15) is 0 Å². The minimum Gasteiger partial charge on any atom is -0.481 e. The molecule has 0 aliphatic carbocycles. The number of nitrogens with zero attached hydrogens (tertiary/aromatic N) is 1. The van der Waals surface area contributed by atoms with Crippen LogP contribution < -0.4 is 4.74 Å². The van der Waals surface area contributed by atoms with Gasteiger partial charge in [0.05, 0.1) is 7.11 Å². The van der Waals surface area contributed by atoms with Crippen molar-refractivity contribution < 1.29 is 17.7 Å². The maximum Gasteiger partial charge on any atom is 0.482 e. The van der Waals surface area contributed by atoms with Gasteiger partial charge in [-0.3, -0.25) is 0 Å². The van der Waals surface area contributed by atoms with E-state index in [1.807, 2.05) is 0 Å². The van der Waals surface area contributed by atoms with E-state index in [0.29, 0.717) is 0 Å². The van der Waals surface area contributed by atoms with E-state index in [1.165, 1.54) is 25.4 Å². The van der Waals surface area contributed by atoms with Crippen molar-refractivity contribution in [2.45, 2.75) is 6.32 Å². The van der Waals surface area contributed by atoms with Crippen molar-refractivity contribution in [2.75, 3.05) is 7.11 Å². The Bertz CT molecular complexity index is 289. The third-order valence-corrected chi connectivity index (χ3v) is 1.49. The molecule has 0 amide bonds. The fraction of sp³-hybridized carbons (Fsp3) is 0.286. The Kier molecular flexibility index (Phi) is 2.80. The van der Waals surface area contributed by atoms with Crippen LogP contribution in [0.1, 0.15) is 5.56 Å². The van der Waals surface area contributed by atoms with E-state index in [-0.39, 0.29) is 11.4 Å². The van der Waals surface area contributed by atoms with E-state index < -0.39 is 13.3 Å². The molecule has 0 unspecified atom stereocenters. The first-order valence-corrected chi connectivity index (χ1v) is 3.72. The molecule has 2 nitrogen and oxygen atoms in total. The minimum absolute atomic E-state index is 0.0432. The third-order valence-electron chi connectivity index (χ3n) is 1.49. The van der Waals surface area contributed by atoms with Crippen molar-refractivity contribution in [3.05, 3.63) is 23.9 Å². The predicted molar refractivity (Wildman–Crippen MR) is 43.6 cm³/mol. The largest absolute Gasteiger partial charge is 0.482 e. The van der Waals surface area contributed by atoms with Gasteiger partial charge in [0.2, 0.25) is 5.88 Å². The van der Waals surface area contributed by atoms with E-state index in [9.17, 15) is 12.9 Å². The highest BCUT2D eigenvalue weighted by molar-refractivity contribution is 6.57. The van der Waals surface area contributed by atoms with Gasteiger partial charge in [-0.05, 0) is 11.6 Å². The Balaban J connectivity index is 2.87. The first kappa shape index (κ1) is 9.89. The van der Waals surface area contributed by atoms with Crippen molar-refractivity contribution in [3.63, 3.8) is 0 Å². The lowest BCUT2D eigenvalue weighted by Gasteiger charge is -2.14. The van der Waals surface area contributed by atoms with Crippen molar-refractivity contribution in [1.29, 1.82) is 0 Å². The Morgan fingerprint density at radius 2 is 2.15 bits per heavy atom. The molecule has 0 aromatic carbocycles. The summed E-state index contributed by atoms with van der Waals surface area (Å²) >= 11 is 0. The van der Waals surface area contributed by atoms with Crippen molar-refractivity contribution in [2.24, 2.45) is 0 Å². The molecule has 13 heavy (non-hydrogen) atoms. The van der Waals surface area contributed by atoms with Gasteiger partial charge in [0, 0.05) is 6.20 Å². The molecule has 0 aliphatic heterocycles. The van der Waals surface area contributed by atoms with Crippen LogP contribution in [0.4, 0.5) is 12.9 Å². The normalized spacial score (nSPS) is 11.4. The van der Waals surface area contributed by atoms with Gasteiger partial charge in [0.25, 0.3) is 0 Å². The maximum atomic E-state index is 12.0. The van der Waals surface area contributed by atoms with Gasteiger partial charge in [-0.25, -0.2) is 4.98 Å². The third kappa shape index (κ3) is 2.97. The number of hydrogen-bond acceptors (Lipinski definition) is 2. The van der Waals surface area contributed by atoms with Crippen LogP contribution in [0.5, 0.6) is 5.88 Å². The summed E-state index contributed by atoms with van der Waals surface area (Å²) in [6.45, 7) is -4.83. The highest BCUT2D eigenvalue weighted by Gasteiger charge is 2.24. The number of aromatic nitrogens is 1. The molecule has 0 atom stereocenters. The van der Waals surface area contributed by atoms with Crippen LogP contribution in [0, 0.1) is 0 Å². The van der Waals surface area contributed by atoms with E-state index in [4.69, 9.17) is 4.74 Å². The van der Waals surface area contributed by atoms with Crippen LogP contribution in [0.15, 0.2) is 18.3 Å². The smallest absolute Gasteiger partial charge is 0.481 e. The molecule has 72 valence electrons. The molecule has 0 spiro atoms. The second-order valence-electron chi connectivity index (χ2n) is 2.59. The number of rotatable bonds is 3. The van der Waals surface area contributed by atoms with E-state index in [1.54, 1.807) is 0 Å². The summed E-state index contributed by atoms with van der Waals surface area (Å²) in [5.74, 6) is 0.0432. The molecular formula is C7H8BF3NO-. The summed E-state index contributed by atoms with van der Waals surface area (Å²) in [4.78, 5) is 3.67. The summed E-state index contributed by atoms with van der Waals surface area (Å²) in [6.07, 6.45) is 0.447. The zero-order valence-electron chi connectivity index (χ0n) is 7.01. The minimum atomic E-state index is -4.83. The number of pyridine rings is 1. The average Bonchev–Trinajstić information content (AvgIpc) is 2.02. The Labute approximate surface area is 73.8 Å². The van der Waals surface area contributed by atoms with Crippen molar-refractivity contribution in [1.82, 2.24) is 4.98 Å². The van der Waals surface area contributed by atoms with Gasteiger partial charge >= 0.3 is 6.98 Å². The quantitative estimate of drug-likeness (QED) is 0.680. The van der Waals surface area contributed by atoms with Crippen LogP contribution in [-0.2, 0) is 6.32 Å². The van der Waals surface area contributed by atoms with E-state index in [0.717, 1.165) is 0 Å². The van der Waals surface area contributed by atoms with Crippen LogP contribution in [-0.4, -0.2) is 19.1 Å². The molecule has 1 rings (SSSR count). The predicted octanol–water partition coefficient (Wildman–Crippen LogP) is 2.02. The fourth-order valence-electron chi connectivity index (χ4n) is 1.01. The van der Waals surface area contributed by atoms with E-state index >= 15 is 0 Å². The first-order valence-electron chi connectivity index (χ1n) is 3.72. The van der Waals surface area contributed by atoms with Gasteiger partial charge in [-0.1, -0.05) is 12.4 Å². The monoisotopic (exact) mass is 190 g/mol. The van der Waals surface area contributed by atoms with Gasteiger partial charge in [0.15, 0.2) is 0 Å². The highest BCUT2D eigenvalue weighted by Crippen LogP contribution is 2.21. The summed E-state index contributed by atoms with van der Waals surface area (Å²) in [5.41, 5.74) is 0.0810. The Hall–Kier alpha value is -1.20. The van der Waals surface area contributed by atoms with Crippen LogP contribution in [0.2, 0.25) is 0 Å². The maximum absolute atomic E-state index is 12.0. The topological polar surface area (TPSA) is 22.1 Å². The SMILES string of the molecule is COc1ncccc1C[B-](F)(F)F. The molecule has 0 bridgehead atoms. The summed E-state index contributed by atoms with van der Waals surface area (Å²) < 4.78 is 40.8. The van der Waals surface area contributed by atoms with Gasteiger partial charge < -0.3 is 17.7 Å². The molecule has 0 fully saturated rings. The van der Waals surface area contributed by atoms with Crippen molar-refractivity contribution in [3.8, 4) is 5.88 Å². The van der Waals surface area contributed by atoms with Crippen LogP contribution >= 0.6 is 0 Å². The second kappa shape index (κ2) is 3.68. The Morgan fingerprint density at radius 3 is 2.69 bits per heavy atom. The summed E-state index contributed by atoms with van der Waals surface area (Å²) in [6, 6.07) is 2.82. The molecule has 0 saturated heterocycles. The lowest BCUT2D eigenvalue weighted by molar-refractivity contribution is 0.390. The van der Waals surface area contributed by atoms with Gasteiger partial charge in [0.1, 0.15) is 0 Å². The van der Waals surface area contributed by atoms with Gasteiger partial charge in [-0.15, -0.1) is 0 Å². The zero-order valence-corrected chi connectivity index (χ0v) is 7.01. The first-order chi connectivity index (χ1) is 6.03. The number of halogens is 3. The lowest BCUT2D eigenvalue weighted by atomic mass is 9.82. The molecule has 0 saturated carbocycles. The molecular weight excluding hydrogens is 182 g/mol. The van der Waals surface area contributed by atoms with Crippen LogP contribution in [0.25, 0.3) is 0 Å². The lowest BCUT2D eigenvalue weighted by Crippen LogP contribution is -2.19. The molecule has 0 aliphatic rings. The fourth-order valence-corrected chi connectivity index (χ4v) is 1.01.